The molecule has 1 aromatic carbocycles. The summed E-state index contributed by atoms with van der Waals surface area (Å²) in [5, 5.41) is 9.63. The molecule has 1 saturated heterocycles. The first-order valence-electron chi connectivity index (χ1n) is 5.93. The summed E-state index contributed by atoms with van der Waals surface area (Å²) >= 11 is 1.46. The summed E-state index contributed by atoms with van der Waals surface area (Å²) in [6.45, 7) is 1.98. The first kappa shape index (κ1) is 13.9. The molecule has 0 aliphatic carbocycles. The number of rotatable bonds is 3. The number of nitrogens with zero attached hydrogens (tertiary/aromatic N) is 2. The van der Waals surface area contributed by atoms with Gasteiger partial charge in [-0.15, -0.1) is 0 Å². The number of aliphatic carboxylic acids is 1. The first-order valence-corrected chi connectivity index (χ1v) is 6.81. The molecule has 0 saturated carbocycles. The van der Waals surface area contributed by atoms with Gasteiger partial charge < -0.3 is 10.0 Å². The molecule has 1 N–H and O–H groups in total. The van der Waals surface area contributed by atoms with Gasteiger partial charge in [0.15, 0.2) is 5.17 Å². The molecule has 0 bridgehead atoms. The zero-order chi connectivity index (χ0) is 14.0. The molecular weight excluding hydrogens is 267 g/mol. The molecule has 0 spiro atoms. The molecule has 2 unspecified atom stereocenters. The Morgan fingerprint density at radius 3 is 2.68 bits per heavy atom. The minimum atomic E-state index is -0.805. The Balaban J connectivity index is 2.16. The van der Waals surface area contributed by atoms with Gasteiger partial charge in [0.2, 0.25) is 0 Å². The van der Waals surface area contributed by atoms with Gasteiger partial charge in [0.05, 0.1) is 12.1 Å². The van der Waals surface area contributed by atoms with Crippen molar-refractivity contribution >= 4 is 28.6 Å². The molecule has 102 valence electrons. The summed E-state index contributed by atoms with van der Waals surface area (Å²) in [5.74, 6) is -1.10. The Hall–Kier alpha value is -1.56. The predicted molar refractivity (Wildman–Crippen MR) is 74.4 cm³/mol. The van der Waals surface area contributed by atoms with Crippen LogP contribution in [0.1, 0.15) is 13.3 Å². The summed E-state index contributed by atoms with van der Waals surface area (Å²) in [7, 11) is 1.89. The lowest BCUT2D eigenvalue weighted by molar-refractivity contribution is -0.137. The summed E-state index contributed by atoms with van der Waals surface area (Å²) in [6, 6.07) is 6.03. The second-order valence-electron chi connectivity index (χ2n) is 4.48. The molecule has 0 amide bonds. The Bertz CT molecular complexity index is 504. The molecule has 1 aromatic rings. The second-order valence-corrected chi connectivity index (χ2v) is 5.68. The molecule has 2 atom stereocenters. The summed E-state index contributed by atoms with van der Waals surface area (Å²) < 4.78 is 12.8. The van der Waals surface area contributed by atoms with Crippen molar-refractivity contribution < 1.29 is 14.3 Å². The summed E-state index contributed by atoms with van der Waals surface area (Å²) in [4.78, 5) is 17.2. The normalized spacial score (nSPS) is 25.0. The molecule has 1 heterocycles. The topological polar surface area (TPSA) is 52.9 Å². The minimum Gasteiger partial charge on any atom is -0.481 e. The summed E-state index contributed by atoms with van der Waals surface area (Å²) in [6.07, 6.45) is 0.110. The number of amidine groups is 1. The van der Waals surface area contributed by atoms with Crippen LogP contribution in [-0.2, 0) is 4.79 Å². The zero-order valence-corrected chi connectivity index (χ0v) is 11.5. The van der Waals surface area contributed by atoms with Gasteiger partial charge in [-0.1, -0.05) is 11.8 Å². The van der Waals surface area contributed by atoms with E-state index in [-0.39, 0.29) is 23.5 Å². The molecule has 0 radical (unpaired) electrons. The Morgan fingerprint density at radius 2 is 2.11 bits per heavy atom. The highest BCUT2D eigenvalue weighted by atomic mass is 32.2. The van der Waals surface area contributed by atoms with E-state index in [1.807, 2.05) is 18.9 Å². The van der Waals surface area contributed by atoms with E-state index in [9.17, 15) is 9.18 Å². The van der Waals surface area contributed by atoms with Crippen LogP contribution in [0.25, 0.3) is 0 Å². The Morgan fingerprint density at radius 1 is 1.47 bits per heavy atom. The lowest BCUT2D eigenvalue weighted by Gasteiger charge is -2.19. The van der Waals surface area contributed by atoms with Crippen molar-refractivity contribution in [1.82, 2.24) is 4.90 Å². The maximum Gasteiger partial charge on any atom is 0.304 e. The van der Waals surface area contributed by atoms with E-state index in [0.717, 1.165) is 5.17 Å². The maximum atomic E-state index is 12.8. The van der Waals surface area contributed by atoms with Crippen LogP contribution in [-0.4, -0.2) is 39.5 Å². The minimum absolute atomic E-state index is 0.0123. The van der Waals surface area contributed by atoms with E-state index in [1.165, 1.54) is 23.9 Å². The fourth-order valence-electron chi connectivity index (χ4n) is 1.86. The van der Waals surface area contributed by atoms with Gasteiger partial charge in [0, 0.05) is 18.3 Å². The van der Waals surface area contributed by atoms with Crippen LogP contribution in [0.3, 0.4) is 0 Å². The van der Waals surface area contributed by atoms with Crippen molar-refractivity contribution in [2.45, 2.75) is 24.6 Å². The van der Waals surface area contributed by atoms with Gasteiger partial charge in [-0.25, -0.2) is 9.38 Å². The molecule has 2 rings (SSSR count). The van der Waals surface area contributed by atoms with E-state index in [1.54, 1.807) is 12.1 Å². The lowest BCUT2D eigenvalue weighted by atomic mass is 10.1. The number of hydrogen-bond acceptors (Lipinski definition) is 3. The largest absolute Gasteiger partial charge is 0.481 e. The molecule has 1 aliphatic heterocycles. The van der Waals surface area contributed by atoms with Gasteiger partial charge in [0.1, 0.15) is 5.82 Å². The summed E-state index contributed by atoms with van der Waals surface area (Å²) in [5.41, 5.74) is 0.666. The second kappa shape index (κ2) is 5.61. The van der Waals surface area contributed by atoms with Crippen LogP contribution in [0.4, 0.5) is 10.1 Å². The zero-order valence-electron chi connectivity index (χ0n) is 10.7. The number of carboxylic acid groups (broad SMARTS) is 1. The van der Waals surface area contributed by atoms with Crippen LogP contribution in [0.15, 0.2) is 29.3 Å². The van der Waals surface area contributed by atoms with Gasteiger partial charge in [-0.3, -0.25) is 4.79 Å². The number of benzene rings is 1. The van der Waals surface area contributed by atoms with E-state index in [2.05, 4.69) is 4.99 Å². The lowest BCUT2D eigenvalue weighted by Crippen LogP contribution is -2.31. The standard InChI is InChI=1S/C13H15FN2O2S/c1-8-11(7-12(17)18)19-13(16(8)2)15-10-5-3-9(14)4-6-10/h3-6,8,11H,7H2,1-2H3,(H,17,18). The molecule has 19 heavy (non-hydrogen) atoms. The molecule has 0 aromatic heterocycles. The van der Waals surface area contributed by atoms with Gasteiger partial charge in [-0.05, 0) is 31.2 Å². The highest BCUT2D eigenvalue weighted by Crippen LogP contribution is 2.34. The molecular formula is C13H15FN2O2S. The number of hydrogen-bond donors (Lipinski definition) is 1. The number of aliphatic imine (C=N–C) groups is 1. The van der Waals surface area contributed by atoms with Crippen LogP contribution in [0, 0.1) is 5.82 Å². The van der Waals surface area contributed by atoms with Crippen LogP contribution < -0.4 is 0 Å². The van der Waals surface area contributed by atoms with Crippen molar-refractivity contribution in [2.24, 2.45) is 4.99 Å². The van der Waals surface area contributed by atoms with E-state index >= 15 is 0 Å². The highest BCUT2D eigenvalue weighted by Gasteiger charge is 2.35. The average molecular weight is 282 g/mol. The number of thioether (sulfide) groups is 1. The van der Waals surface area contributed by atoms with E-state index < -0.39 is 5.97 Å². The van der Waals surface area contributed by atoms with Crippen molar-refractivity contribution in [2.75, 3.05) is 7.05 Å². The van der Waals surface area contributed by atoms with E-state index in [0.29, 0.717) is 5.69 Å². The van der Waals surface area contributed by atoms with Gasteiger partial charge >= 0.3 is 5.97 Å². The monoisotopic (exact) mass is 282 g/mol. The number of halogens is 1. The first-order chi connectivity index (χ1) is 8.97. The predicted octanol–water partition coefficient (Wildman–Crippen LogP) is 2.72. The smallest absolute Gasteiger partial charge is 0.304 e. The van der Waals surface area contributed by atoms with Crippen LogP contribution in [0.5, 0.6) is 0 Å². The molecule has 1 aliphatic rings. The third kappa shape index (κ3) is 3.26. The maximum absolute atomic E-state index is 12.8. The quantitative estimate of drug-likeness (QED) is 0.926. The van der Waals surface area contributed by atoms with Crippen molar-refractivity contribution in [1.29, 1.82) is 0 Å². The SMILES string of the molecule is CC1C(CC(=O)O)SC(=Nc2ccc(F)cc2)N1C. The van der Waals surface area contributed by atoms with Crippen molar-refractivity contribution in [3.05, 3.63) is 30.1 Å². The van der Waals surface area contributed by atoms with Crippen molar-refractivity contribution in [3.8, 4) is 0 Å². The van der Waals surface area contributed by atoms with Crippen molar-refractivity contribution in [3.63, 3.8) is 0 Å². The average Bonchev–Trinajstić information content (AvgIpc) is 2.60. The molecule has 6 heteroatoms. The highest BCUT2D eigenvalue weighted by molar-refractivity contribution is 8.14. The third-order valence-electron chi connectivity index (χ3n) is 3.13. The van der Waals surface area contributed by atoms with Gasteiger partial charge in [0.25, 0.3) is 0 Å². The molecule has 4 nitrogen and oxygen atoms in total. The van der Waals surface area contributed by atoms with Crippen LogP contribution in [0.2, 0.25) is 0 Å². The Kier molecular flexibility index (Phi) is 4.09. The number of carboxylic acids is 1. The molecule has 1 fully saturated rings. The fourth-order valence-corrected chi connectivity index (χ4v) is 3.22. The number of carbonyl (C=O) groups is 1. The van der Waals surface area contributed by atoms with Gasteiger partial charge in [-0.2, -0.15) is 0 Å². The Labute approximate surface area is 115 Å². The van der Waals surface area contributed by atoms with E-state index in [4.69, 9.17) is 5.11 Å². The third-order valence-corrected chi connectivity index (χ3v) is 4.59. The fraction of sp³-hybridized carbons (Fsp3) is 0.385. The van der Waals surface area contributed by atoms with Crippen LogP contribution >= 0.6 is 11.8 Å².